The molecule has 0 saturated carbocycles. The van der Waals surface area contributed by atoms with Gasteiger partial charge in [0.1, 0.15) is 26.4 Å². The summed E-state index contributed by atoms with van der Waals surface area (Å²) in [5, 5.41) is 4.34. The predicted molar refractivity (Wildman–Crippen MR) is 259 cm³/mol. The fraction of sp³-hybridized carbons (Fsp3) is 0.360. The first-order chi connectivity index (χ1) is 35.5. The Morgan fingerprint density at radius 1 is 0.419 bits per heavy atom. The topological polar surface area (TPSA) is 134 Å². The molecule has 0 bridgehead atoms. The Morgan fingerprint density at radius 2 is 0.649 bits per heavy atom. The number of pyridine rings is 2. The average molecular weight is 1050 g/mol. The molecule has 0 atom stereocenters. The number of rotatable bonds is 7. The maximum absolute atomic E-state index is 11.6. The highest BCUT2D eigenvalue weighted by molar-refractivity contribution is 6.50. The highest BCUT2D eigenvalue weighted by atomic mass is 19.5. The van der Waals surface area contributed by atoms with E-state index in [1.807, 2.05) is 82.5 Å². The Bertz CT molecular complexity index is 2290. The van der Waals surface area contributed by atoms with Crippen molar-refractivity contribution in [3.05, 3.63) is 133 Å². The lowest BCUT2D eigenvalue weighted by molar-refractivity contribution is -0.778. The molecule has 4 aromatic carbocycles. The van der Waals surface area contributed by atoms with Crippen molar-refractivity contribution >= 4 is 48.0 Å². The summed E-state index contributed by atoms with van der Waals surface area (Å²) in [4.78, 5) is 23.2. The molecule has 402 valence electrons. The summed E-state index contributed by atoms with van der Waals surface area (Å²) in [5.41, 5.74) is 1.08. The first kappa shape index (κ1) is 59.8. The molecule has 0 saturated heterocycles. The zero-order valence-electron chi connectivity index (χ0n) is 40.8. The summed E-state index contributed by atoms with van der Waals surface area (Å²) in [6.45, 7) is 11.0. The van der Waals surface area contributed by atoms with E-state index in [0.717, 1.165) is 34.6 Å². The van der Waals surface area contributed by atoms with Crippen LogP contribution < -0.4 is 28.1 Å². The van der Waals surface area contributed by atoms with E-state index in [1.165, 1.54) is 0 Å². The molecular weight excluding hydrogens is 994 g/mol. The third kappa shape index (κ3) is 24.8. The molecule has 24 heteroatoms. The van der Waals surface area contributed by atoms with E-state index in [4.69, 9.17) is 47.4 Å². The molecule has 14 nitrogen and oxygen atoms in total. The van der Waals surface area contributed by atoms with E-state index in [2.05, 4.69) is 24.3 Å². The summed E-state index contributed by atoms with van der Waals surface area (Å²) >= 11 is 0. The minimum absolute atomic E-state index is 0.312. The second-order valence-corrected chi connectivity index (χ2v) is 15.2. The lowest BCUT2D eigenvalue weighted by atomic mass is 10.1. The number of fused-ring (bicyclic) bond motifs is 4. The Labute approximate surface area is 423 Å². The average Bonchev–Trinajstić information content (AvgIpc) is 3.36. The molecule has 0 unspecified atom stereocenters. The number of hydrogen-bond donors (Lipinski definition) is 0. The second-order valence-electron chi connectivity index (χ2n) is 15.2. The highest BCUT2D eigenvalue weighted by Crippen LogP contribution is 2.34. The fourth-order valence-electron chi connectivity index (χ4n) is 6.48. The summed E-state index contributed by atoms with van der Waals surface area (Å²) < 4.78 is 139. The smallest absolute Gasteiger partial charge is 0.487 e. The van der Waals surface area contributed by atoms with E-state index in [9.17, 15) is 44.1 Å². The summed E-state index contributed by atoms with van der Waals surface area (Å²) in [5.74, 6) is 2.10. The summed E-state index contributed by atoms with van der Waals surface area (Å²) in [7, 11) is -12.0. The minimum atomic E-state index is -6.00. The molecule has 3 heterocycles. The number of halogens is 8. The van der Waals surface area contributed by atoms with Crippen LogP contribution >= 0.6 is 0 Å². The van der Waals surface area contributed by atoms with Gasteiger partial charge >= 0.3 is 26.4 Å². The number of carbonyl (C=O) groups is 2. The molecule has 2 aromatic heterocycles. The van der Waals surface area contributed by atoms with E-state index < -0.39 is 14.5 Å². The van der Waals surface area contributed by atoms with Crippen LogP contribution in [0.2, 0.25) is 0 Å². The first-order valence-corrected chi connectivity index (χ1v) is 23.5. The molecule has 0 spiro atoms. The van der Waals surface area contributed by atoms with E-state index in [0.29, 0.717) is 127 Å². The maximum Gasteiger partial charge on any atom is 0.673 e. The summed E-state index contributed by atoms with van der Waals surface area (Å²) in [6.07, 6.45) is 7.39. The Hall–Kier alpha value is -6.75. The van der Waals surface area contributed by atoms with E-state index in [1.54, 1.807) is 38.1 Å². The molecule has 0 radical (unpaired) electrons. The van der Waals surface area contributed by atoms with Gasteiger partial charge in [-0.15, -0.1) is 0 Å². The van der Waals surface area contributed by atoms with Gasteiger partial charge in [-0.25, -0.2) is 9.59 Å². The third-order valence-electron chi connectivity index (χ3n) is 9.73. The number of carbonyl (C=O) groups excluding carboxylic acids is 2. The second kappa shape index (κ2) is 32.4. The molecule has 74 heavy (non-hydrogen) atoms. The van der Waals surface area contributed by atoms with E-state index >= 15 is 0 Å². The van der Waals surface area contributed by atoms with Crippen molar-refractivity contribution in [2.45, 2.75) is 26.9 Å². The van der Waals surface area contributed by atoms with Gasteiger partial charge in [0.25, 0.3) is 0 Å². The van der Waals surface area contributed by atoms with Gasteiger partial charge < -0.3 is 81.9 Å². The number of benzene rings is 4. The highest BCUT2D eigenvalue weighted by Gasteiger charge is 2.21. The third-order valence-corrected chi connectivity index (χ3v) is 9.73. The first-order valence-electron chi connectivity index (χ1n) is 23.5. The SMILES string of the molecule is CCOC(=O)c1cc[n+](CC[n+]2ccc(C(=O)OCC)cc2)cc1.F[B-](F)(F)F.F[B-](F)(F)F.c1ccc2cc3c(cc2c1)OCCOCCOCCOc1cc2ccccc2cc1OCCOCCOCCO3. The number of ether oxygens (including phenoxy) is 10. The van der Waals surface area contributed by atoms with Crippen LogP contribution in [0.3, 0.4) is 0 Å². The van der Waals surface area contributed by atoms with Gasteiger partial charge in [-0.3, -0.25) is 0 Å². The predicted octanol–water partition coefficient (Wildman–Crippen LogP) is 9.20. The normalized spacial score (nSPS) is 14.2. The molecular formula is C50H58B2F8N2O12. The van der Waals surface area contributed by atoms with Crippen molar-refractivity contribution < 1.29 is 101 Å². The number of nitrogens with zero attached hydrogens (tertiary/aromatic N) is 2. The van der Waals surface area contributed by atoms with Crippen LogP contribution in [0.4, 0.5) is 34.5 Å². The molecule has 6 aromatic rings. The van der Waals surface area contributed by atoms with Gasteiger partial charge in [0.15, 0.2) is 47.8 Å². The van der Waals surface area contributed by atoms with Gasteiger partial charge in [0.05, 0.1) is 77.2 Å². The largest absolute Gasteiger partial charge is 0.673 e. The minimum Gasteiger partial charge on any atom is -0.487 e. The van der Waals surface area contributed by atoms with Crippen molar-refractivity contribution in [3.8, 4) is 23.0 Å². The van der Waals surface area contributed by atoms with Crippen LogP contribution in [0, 0.1) is 0 Å². The zero-order valence-corrected chi connectivity index (χ0v) is 40.8. The van der Waals surface area contributed by atoms with Crippen LogP contribution in [0.5, 0.6) is 23.0 Å². The molecule has 0 amide bonds. The molecule has 1 aliphatic heterocycles. The monoisotopic (exact) mass is 1050 g/mol. The number of esters is 2. The lowest BCUT2D eigenvalue weighted by Crippen LogP contribution is -2.44. The Morgan fingerprint density at radius 3 is 0.878 bits per heavy atom. The molecule has 0 aliphatic carbocycles. The van der Waals surface area contributed by atoms with Gasteiger partial charge in [0.2, 0.25) is 13.1 Å². The van der Waals surface area contributed by atoms with Crippen molar-refractivity contribution in [1.82, 2.24) is 0 Å². The number of aryl methyl sites for hydroxylation is 2. The van der Waals surface area contributed by atoms with Gasteiger partial charge in [-0.1, -0.05) is 48.5 Å². The molecule has 7 rings (SSSR count). The molecule has 0 N–H and O–H groups in total. The van der Waals surface area contributed by atoms with Crippen LogP contribution in [-0.2, 0) is 41.5 Å². The van der Waals surface area contributed by atoms with Gasteiger partial charge in [0, 0.05) is 24.3 Å². The number of hydrogen-bond acceptors (Lipinski definition) is 12. The van der Waals surface area contributed by atoms with Crippen molar-refractivity contribution in [2.24, 2.45) is 0 Å². The van der Waals surface area contributed by atoms with E-state index in [-0.39, 0.29) is 11.9 Å². The van der Waals surface area contributed by atoms with Crippen molar-refractivity contribution in [1.29, 1.82) is 0 Å². The van der Waals surface area contributed by atoms with Gasteiger partial charge in [-0.05, 0) is 59.7 Å². The zero-order chi connectivity index (χ0) is 53.6. The standard InChI is InChI=1S/C32H36O8.C18H22N2O4.2BF4/c1-2-6-26-22-30-29(21-25(26)5-1)37-17-13-33-9-10-35-15-19-39-31-23-27-7-3-4-8-28(27)24-32(31)40-20-16-36-12-11-34-14-18-38-30;1-3-23-17(21)15-5-9-19(10-6-15)13-14-20-11-7-16(8-12-20)18(22)24-4-2;2*2-1(3,4)5/h1-8,21-24H,9-20H2;5-12H,3-4,13-14H2,1-2H3;;/q;+2;2*-1. The summed E-state index contributed by atoms with van der Waals surface area (Å²) in [6, 6.07) is 31.2. The Kier molecular flexibility index (Phi) is 26.2. The van der Waals surface area contributed by atoms with Crippen LogP contribution in [0.1, 0.15) is 34.6 Å². The molecule has 0 fully saturated rings. The Balaban J connectivity index is 0.000000294. The number of aromatic nitrogens is 2. The van der Waals surface area contributed by atoms with Crippen molar-refractivity contribution in [2.75, 3.05) is 92.5 Å². The van der Waals surface area contributed by atoms with Gasteiger partial charge in [-0.2, -0.15) is 9.13 Å². The van der Waals surface area contributed by atoms with Crippen molar-refractivity contribution in [3.63, 3.8) is 0 Å². The van der Waals surface area contributed by atoms with Crippen LogP contribution in [0.25, 0.3) is 21.5 Å². The van der Waals surface area contributed by atoms with Crippen LogP contribution in [-0.4, -0.2) is 119 Å². The lowest BCUT2D eigenvalue weighted by Gasteiger charge is -2.16. The maximum atomic E-state index is 11.6. The van der Waals surface area contributed by atoms with Crippen LogP contribution in [0.15, 0.2) is 122 Å². The quantitative estimate of drug-likeness (QED) is 0.0653. The fourth-order valence-corrected chi connectivity index (χ4v) is 6.48. The molecule has 1 aliphatic rings.